The molecule has 0 aliphatic carbocycles. The van der Waals surface area contributed by atoms with Crippen molar-refractivity contribution >= 4 is 17.5 Å². The molecule has 2 N–H and O–H groups in total. The van der Waals surface area contributed by atoms with Crippen LogP contribution < -0.4 is 20.1 Å². The van der Waals surface area contributed by atoms with E-state index in [-0.39, 0.29) is 18.4 Å². The average Bonchev–Trinajstić information content (AvgIpc) is 2.71. The van der Waals surface area contributed by atoms with Crippen LogP contribution in [0.15, 0.2) is 18.2 Å². The van der Waals surface area contributed by atoms with Crippen LogP contribution in [0.25, 0.3) is 0 Å². The lowest BCUT2D eigenvalue weighted by molar-refractivity contribution is -0.134. The molecule has 8 heteroatoms. The number of nitrogens with zero attached hydrogens (tertiary/aromatic N) is 3. The number of piperazine rings is 1. The second-order valence-corrected chi connectivity index (χ2v) is 6.38. The number of hydrogen-bond acceptors (Lipinski definition) is 6. The van der Waals surface area contributed by atoms with Gasteiger partial charge in [-0.15, -0.1) is 0 Å². The summed E-state index contributed by atoms with van der Waals surface area (Å²) in [4.78, 5) is 29.1. The van der Waals surface area contributed by atoms with Gasteiger partial charge < -0.3 is 25.0 Å². The van der Waals surface area contributed by atoms with Crippen molar-refractivity contribution in [2.75, 3.05) is 58.4 Å². The van der Waals surface area contributed by atoms with Gasteiger partial charge in [0.1, 0.15) is 30.8 Å². The molecule has 2 aliphatic heterocycles. The zero-order valence-corrected chi connectivity index (χ0v) is 14.6. The Labute approximate surface area is 147 Å². The third kappa shape index (κ3) is 3.85. The van der Waals surface area contributed by atoms with Gasteiger partial charge in [-0.2, -0.15) is 0 Å². The van der Waals surface area contributed by atoms with Crippen LogP contribution in [0.3, 0.4) is 0 Å². The maximum Gasteiger partial charge on any atom is 0.247 e. The van der Waals surface area contributed by atoms with E-state index < -0.39 is 6.04 Å². The summed E-state index contributed by atoms with van der Waals surface area (Å²) in [6.45, 7) is 3.31. The van der Waals surface area contributed by atoms with Crippen molar-refractivity contribution in [3.05, 3.63) is 18.2 Å². The molecular formula is C17H24N4O4. The third-order valence-electron chi connectivity index (χ3n) is 4.57. The molecule has 136 valence electrons. The zero-order valence-electron chi connectivity index (χ0n) is 14.6. The number of carbonyl (C=O) groups is 2. The van der Waals surface area contributed by atoms with E-state index >= 15 is 0 Å². The van der Waals surface area contributed by atoms with Crippen molar-refractivity contribution in [1.29, 1.82) is 0 Å². The lowest BCUT2D eigenvalue weighted by Gasteiger charge is -2.31. The quantitative estimate of drug-likeness (QED) is 0.791. The van der Waals surface area contributed by atoms with Gasteiger partial charge in [-0.1, -0.05) is 0 Å². The van der Waals surface area contributed by atoms with E-state index in [0.717, 1.165) is 13.1 Å². The van der Waals surface area contributed by atoms with Crippen LogP contribution >= 0.6 is 0 Å². The number of ether oxygens (including phenoxy) is 2. The predicted molar refractivity (Wildman–Crippen MR) is 92.9 cm³/mol. The van der Waals surface area contributed by atoms with Crippen LogP contribution in [0.2, 0.25) is 0 Å². The van der Waals surface area contributed by atoms with E-state index in [1.165, 1.54) is 4.90 Å². The summed E-state index contributed by atoms with van der Waals surface area (Å²) in [5.74, 6) is 1.20. The number of carbonyl (C=O) groups excluding carboxylic acids is 2. The van der Waals surface area contributed by atoms with Gasteiger partial charge in [-0.25, -0.2) is 0 Å². The summed E-state index contributed by atoms with van der Waals surface area (Å²) in [5, 5.41) is 0. The Bertz CT molecular complexity index is 666. The van der Waals surface area contributed by atoms with Gasteiger partial charge in [0, 0.05) is 39.8 Å². The second kappa shape index (κ2) is 7.28. The van der Waals surface area contributed by atoms with Gasteiger partial charge in [0.2, 0.25) is 11.8 Å². The molecular weight excluding hydrogens is 324 g/mol. The molecule has 2 aliphatic rings. The number of nitrogens with two attached hydrogens (primary N) is 1. The minimum atomic E-state index is -0.670. The second-order valence-electron chi connectivity index (χ2n) is 6.38. The summed E-state index contributed by atoms with van der Waals surface area (Å²) >= 11 is 0. The fraction of sp³-hybridized carbons (Fsp3) is 0.529. The standard InChI is InChI=1S/C17H24N4O4/c1-19-5-6-21(10-16(19)22)7-8-24-12-3-4-15-14(9-12)20(2)17(23)13(18)11-25-15/h3-4,9,13H,5-8,10-11,18H2,1-2H3/t13-/m0/s1. The van der Waals surface area contributed by atoms with Crippen LogP contribution in [-0.2, 0) is 9.59 Å². The summed E-state index contributed by atoms with van der Waals surface area (Å²) in [6.07, 6.45) is 0. The lowest BCUT2D eigenvalue weighted by Crippen LogP contribution is -2.49. The molecule has 0 spiro atoms. The number of amides is 2. The van der Waals surface area contributed by atoms with Crippen LogP contribution in [-0.4, -0.2) is 81.1 Å². The molecule has 0 bridgehead atoms. The molecule has 1 saturated heterocycles. The topological polar surface area (TPSA) is 88.3 Å². The van der Waals surface area contributed by atoms with Crippen molar-refractivity contribution < 1.29 is 19.1 Å². The minimum Gasteiger partial charge on any atom is -0.492 e. The molecule has 0 radical (unpaired) electrons. The Morgan fingerprint density at radius 3 is 2.84 bits per heavy atom. The molecule has 0 saturated carbocycles. The number of anilines is 1. The van der Waals surface area contributed by atoms with E-state index in [4.69, 9.17) is 15.2 Å². The van der Waals surface area contributed by atoms with Crippen molar-refractivity contribution in [3.8, 4) is 11.5 Å². The van der Waals surface area contributed by atoms with Gasteiger partial charge in [0.15, 0.2) is 0 Å². The molecule has 0 aromatic heterocycles. The Balaban J connectivity index is 1.59. The fourth-order valence-corrected chi connectivity index (χ4v) is 2.88. The van der Waals surface area contributed by atoms with Crippen LogP contribution in [0.1, 0.15) is 0 Å². The van der Waals surface area contributed by atoms with Crippen LogP contribution in [0, 0.1) is 0 Å². The number of benzene rings is 1. The maximum absolute atomic E-state index is 12.1. The fourth-order valence-electron chi connectivity index (χ4n) is 2.88. The first kappa shape index (κ1) is 17.5. The number of fused-ring (bicyclic) bond motifs is 1. The Morgan fingerprint density at radius 1 is 1.28 bits per heavy atom. The summed E-state index contributed by atoms with van der Waals surface area (Å²) in [5.41, 5.74) is 6.43. The molecule has 1 fully saturated rings. The largest absolute Gasteiger partial charge is 0.492 e. The SMILES string of the molecule is CN1CCN(CCOc2ccc3c(c2)N(C)C(=O)[C@@H](N)CO3)CC1=O. The van der Waals surface area contributed by atoms with E-state index in [0.29, 0.717) is 36.9 Å². The summed E-state index contributed by atoms with van der Waals surface area (Å²) < 4.78 is 11.4. The number of likely N-dealkylation sites (N-methyl/N-ethyl adjacent to an activating group) is 2. The van der Waals surface area contributed by atoms with Gasteiger partial charge in [-0.05, 0) is 12.1 Å². The molecule has 25 heavy (non-hydrogen) atoms. The van der Waals surface area contributed by atoms with E-state index in [9.17, 15) is 9.59 Å². The molecule has 1 aromatic carbocycles. The van der Waals surface area contributed by atoms with E-state index in [1.54, 1.807) is 24.1 Å². The van der Waals surface area contributed by atoms with Crippen molar-refractivity contribution in [2.45, 2.75) is 6.04 Å². The Morgan fingerprint density at radius 2 is 2.08 bits per heavy atom. The average molecular weight is 348 g/mol. The maximum atomic E-state index is 12.1. The Kier molecular flexibility index (Phi) is 5.10. The Hall–Kier alpha value is -2.32. The molecule has 2 amide bonds. The van der Waals surface area contributed by atoms with Crippen LogP contribution in [0.4, 0.5) is 5.69 Å². The minimum absolute atomic E-state index is 0.130. The van der Waals surface area contributed by atoms with Gasteiger partial charge >= 0.3 is 0 Å². The normalized spacial score (nSPS) is 21.6. The highest BCUT2D eigenvalue weighted by molar-refractivity contribution is 5.98. The van der Waals surface area contributed by atoms with Crippen molar-refractivity contribution in [1.82, 2.24) is 9.80 Å². The monoisotopic (exact) mass is 348 g/mol. The molecule has 0 unspecified atom stereocenters. The first-order valence-corrected chi connectivity index (χ1v) is 8.35. The highest BCUT2D eigenvalue weighted by atomic mass is 16.5. The van der Waals surface area contributed by atoms with Gasteiger partial charge in [-0.3, -0.25) is 14.5 Å². The third-order valence-corrected chi connectivity index (χ3v) is 4.57. The van der Waals surface area contributed by atoms with Crippen LogP contribution in [0.5, 0.6) is 11.5 Å². The van der Waals surface area contributed by atoms with E-state index in [1.807, 2.05) is 13.1 Å². The summed E-state index contributed by atoms with van der Waals surface area (Å²) in [7, 11) is 3.49. The highest BCUT2D eigenvalue weighted by Crippen LogP contribution is 2.33. The molecule has 1 aromatic rings. The molecule has 1 atom stereocenters. The first-order valence-electron chi connectivity index (χ1n) is 8.35. The first-order chi connectivity index (χ1) is 12.0. The summed E-state index contributed by atoms with van der Waals surface area (Å²) in [6, 6.07) is 4.70. The smallest absolute Gasteiger partial charge is 0.247 e. The van der Waals surface area contributed by atoms with Gasteiger partial charge in [0.25, 0.3) is 0 Å². The predicted octanol–water partition coefficient (Wildman–Crippen LogP) is -0.478. The number of hydrogen-bond donors (Lipinski definition) is 1. The molecule has 3 rings (SSSR count). The lowest BCUT2D eigenvalue weighted by atomic mass is 10.2. The highest BCUT2D eigenvalue weighted by Gasteiger charge is 2.27. The van der Waals surface area contributed by atoms with Crippen molar-refractivity contribution in [2.24, 2.45) is 5.73 Å². The number of rotatable bonds is 4. The zero-order chi connectivity index (χ0) is 18.0. The van der Waals surface area contributed by atoms with E-state index in [2.05, 4.69) is 4.90 Å². The van der Waals surface area contributed by atoms with Gasteiger partial charge in [0.05, 0.1) is 12.2 Å². The molecule has 8 nitrogen and oxygen atoms in total. The van der Waals surface area contributed by atoms with Crippen molar-refractivity contribution in [3.63, 3.8) is 0 Å². The molecule has 2 heterocycles.